The first kappa shape index (κ1) is 18.0. The van der Waals surface area contributed by atoms with E-state index in [4.69, 9.17) is 19.3 Å². The van der Waals surface area contributed by atoms with Crippen molar-refractivity contribution in [3.05, 3.63) is 0 Å². The SMILES string of the molecule is CCOP(=O)(OCC)C(CCO)C(O)CCCO. The van der Waals surface area contributed by atoms with Gasteiger partial charge in [0.15, 0.2) is 0 Å². The molecule has 0 radical (unpaired) electrons. The summed E-state index contributed by atoms with van der Waals surface area (Å²) >= 11 is 0. The minimum absolute atomic E-state index is 0.0452. The Kier molecular flexibility index (Phi) is 9.91. The van der Waals surface area contributed by atoms with Gasteiger partial charge in [-0.25, -0.2) is 0 Å². The standard InChI is InChI=1S/C11H25O6P/c1-3-16-18(15,17-4-2)11(7-9-13)10(14)6-5-8-12/h10-14H,3-9H2,1-2H3. The molecule has 0 fully saturated rings. The topological polar surface area (TPSA) is 96.2 Å². The Morgan fingerprint density at radius 2 is 1.61 bits per heavy atom. The van der Waals surface area contributed by atoms with Crippen LogP contribution in [0.4, 0.5) is 0 Å². The summed E-state index contributed by atoms with van der Waals surface area (Å²) in [6.45, 7) is 3.57. The zero-order valence-electron chi connectivity index (χ0n) is 11.1. The monoisotopic (exact) mass is 284 g/mol. The third-order valence-corrected chi connectivity index (χ3v) is 5.20. The van der Waals surface area contributed by atoms with Crippen molar-refractivity contribution in [2.24, 2.45) is 0 Å². The molecule has 0 aliphatic carbocycles. The maximum absolute atomic E-state index is 12.5. The van der Waals surface area contributed by atoms with E-state index in [0.29, 0.717) is 12.8 Å². The second-order valence-electron chi connectivity index (χ2n) is 3.89. The molecule has 2 atom stereocenters. The molecule has 0 aromatic carbocycles. The molecule has 7 heteroatoms. The van der Waals surface area contributed by atoms with Crippen LogP contribution in [0.3, 0.4) is 0 Å². The molecule has 3 N–H and O–H groups in total. The first-order valence-electron chi connectivity index (χ1n) is 6.34. The van der Waals surface area contributed by atoms with E-state index in [9.17, 15) is 9.67 Å². The molecule has 2 unspecified atom stereocenters. The largest absolute Gasteiger partial charge is 0.396 e. The molecule has 0 saturated heterocycles. The van der Waals surface area contributed by atoms with Gasteiger partial charge in [-0.2, -0.15) is 0 Å². The molecule has 18 heavy (non-hydrogen) atoms. The number of aliphatic hydroxyl groups is 3. The van der Waals surface area contributed by atoms with Crippen molar-refractivity contribution in [1.29, 1.82) is 0 Å². The molecular formula is C11H25O6P. The maximum atomic E-state index is 12.5. The predicted molar refractivity (Wildman–Crippen MR) is 68.7 cm³/mol. The fourth-order valence-corrected chi connectivity index (χ4v) is 3.95. The van der Waals surface area contributed by atoms with Crippen LogP contribution in [-0.4, -0.2) is 53.5 Å². The second kappa shape index (κ2) is 9.89. The van der Waals surface area contributed by atoms with Crippen molar-refractivity contribution in [3.8, 4) is 0 Å². The first-order chi connectivity index (χ1) is 8.55. The molecule has 0 aromatic rings. The van der Waals surface area contributed by atoms with Gasteiger partial charge >= 0.3 is 7.60 Å². The van der Waals surface area contributed by atoms with Crippen molar-refractivity contribution >= 4 is 7.60 Å². The summed E-state index contributed by atoms with van der Waals surface area (Å²) in [6.07, 6.45) is -0.0792. The molecule has 0 aliphatic heterocycles. The summed E-state index contributed by atoms with van der Waals surface area (Å²) in [5.74, 6) is 0. The number of hydrogen-bond acceptors (Lipinski definition) is 6. The highest BCUT2D eigenvalue weighted by atomic mass is 31.2. The molecule has 0 rings (SSSR count). The zero-order valence-corrected chi connectivity index (χ0v) is 12.0. The lowest BCUT2D eigenvalue weighted by molar-refractivity contribution is 0.110. The fourth-order valence-electron chi connectivity index (χ4n) is 1.77. The van der Waals surface area contributed by atoms with Crippen LogP contribution in [0.2, 0.25) is 0 Å². The molecule has 0 heterocycles. The quantitative estimate of drug-likeness (QED) is 0.492. The van der Waals surface area contributed by atoms with E-state index in [2.05, 4.69) is 0 Å². The highest BCUT2D eigenvalue weighted by molar-refractivity contribution is 7.54. The average Bonchev–Trinajstić information content (AvgIpc) is 2.33. The third kappa shape index (κ3) is 5.78. The van der Waals surface area contributed by atoms with Crippen LogP contribution in [0.5, 0.6) is 0 Å². The van der Waals surface area contributed by atoms with E-state index in [1.165, 1.54) is 0 Å². The second-order valence-corrected chi connectivity index (χ2v) is 6.15. The smallest absolute Gasteiger partial charge is 0.336 e. The molecule has 6 nitrogen and oxygen atoms in total. The Bertz CT molecular complexity index is 238. The summed E-state index contributed by atoms with van der Waals surface area (Å²) in [6, 6.07) is 0. The summed E-state index contributed by atoms with van der Waals surface area (Å²) in [5.41, 5.74) is -0.756. The Labute approximate surface area is 108 Å². The van der Waals surface area contributed by atoms with Gasteiger partial charge in [0, 0.05) is 13.2 Å². The highest BCUT2D eigenvalue weighted by Gasteiger charge is 2.39. The summed E-state index contributed by atoms with van der Waals surface area (Å²) in [5, 5.41) is 27.8. The van der Waals surface area contributed by atoms with Gasteiger partial charge in [-0.15, -0.1) is 0 Å². The van der Waals surface area contributed by atoms with Gasteiger partial charge < -0.3 is 24.4 Å². The van der Waals surface area contributed by atoms with Crippen molar-refractivity contribution in [3.63, 3.8) is 0 Å². The van der Waals surface area contributed by atoms with E-state index < -0.39 is 19.4 Å². The van der Waals surface area contributed by atoms with Gasteiger partial charge in [0.1, 0.15) is 0 Å². The minimum atomic E-state index is -3.43. The van der Waals surface area contributed by atoms with Crippen molar-refractivity contribution in [2.45, 2.75) is 44.9 Å². The van der Waals surface area contributed by atoms with E-state index in [-0.39, 0.29) is 32.8 Å². The molecule has 110 valence electrons. The van der Waals surface area contributed by atoms with Crippen LogP contribution in [0.25, 0.3) is 0 Å². The van der Waals surface area contributed by atoms with Gasteiger partial charge in [0.2, 0.25) is 0 Å². The summed E-state index contributed by atoms with van der Waals surface area (Å²) < 4.78 is 22.9. The van der Waals surface area contributed by atoms with Gasteiger partial charge in [-0.1, -0.05) is 0 Å². The molecule has 0 amide bonds. The van der Waals surface area contributed by atoms with Crippen LogP contribution in [0.1, 0.15) is 33.1 Å². The molecule has 0 bridgehead atoms. The fraction of sp³-hybridized carbons (Fsp3) is 1.00. The first-order valence-corrected chi connectivity index (χ1v) is 7.95. The molecule has 0 aromatic heterocycles. The van der Waals surface area contributed by atoms with E-state index >= 15 is 0 Å². The number of aliphatic hydroxyl groups excluding tert-OH is 3. The van der Waals surface area contributed by atoms with E-state index in [1.54, 1.807) is 13.8 Å². The van der Waals surface area contributed by atoms with Crippen LogP contribution < -0.4 is 0 Å². The summed E-state index contributed by atoms with van der Waals surface area (Å²) in [4.78, 5) is 0. The highest BCUT2D eigenvalue weighted by Crippen LogP contribution is 2.55. The molecule has 0 aliphatic rings. The Hall–Kier alpha value is 0.0300. The Balaban J connectivity index is 4.83. The van der Waals surface area contributed by atoms with E-state index in [1.807, 2.05) is 0 Å². The Morgan fingerprint density at radius 3 is 2.00 bits per heavy atom. The van der Waals surface area contributed by atoms with Crippen LogP contribution >= 0.6 is 7.60 Å². The van der Waals surface area contributed by atoms with Crippen LogP contribution in [-0.2, 0) is 13.6 Å². The predicted octanol–water partition coefficient (Wildman–Crippen LogP) is 1.14. The van der Waals surface area contributed by atoms with Gasteiger partial charge in [-0.05, 0) is 33.1 Å². The molecule has 0 saturated carbocycles. The lowest BCUT2D eigenvalue weighted by Gasteiger charge is -2.29. The lowest BCUT2D eigenvalue weighted by Crippen LogP contribution is -2.29. The average molecular weight is 284 g/mol. The van der Waals surface area contributed by atoms with Gasteiger partial charge in [0.25, 0.3) is 0 Å². The molecule has 0 spiro atoms. The third-order valence-electron chi connectivity index (χ3n) is 2.55. The lowest BCUT2D eigenvalue weighted by atomic mass is 10.1. The van der Waals surface area contributed by atoms with Gasteiger partial charge in [0.05, 0.1) is 25.0 Å². The Morgan fingerprint density at radius 1 is 1.06 bits per heavy atom. The minimum Gasteiger partial charge on any atom is -0.396 e. The maximum Gasteiger partial charge on any atom is 0.336 e. The number of hydrogen-bond donors (Lipinski definition) is 3. The van der Waals surface area contributed by atoms with E-state index in [0.717, 1.165) is 0 Å². The van der Waals surface area contributed by atoms with Crippen molar-refractivity contribution in [2.75, 3.05) is 26.4 Å². The number of rotatable bonds is 11. The van der Waals surface area contributed by atoms with Crippen molar-refractivity contribution < 1.29 is 28.9 Å². The normalized spacial score (nSPS) is 15.6. The zero-order chi connectivity index (χ0) is 14.0. The van der Waals surface area contributed by atoms with Crippen LogP contribution in [0.15, 0.2) is 0 Å². The molecular weight excluding hydrogens is 259 g/mol. The summed E-state index contributed by atoms with van der Waals surface area (Å²) in [7, 11) is -3.43. The van der Waals surface area contributed by atoms with Gasteiger partial charge in [-0.3, -0.25) is 4.57 Å². The van der Waals surface area contributed by atoms with Crippen LogP contribution in [0, 0.1) is 0 Å². The van der Waals surface area contributed by atoms with Crippen molar-refractivity contribution in [1.82, 2.24) is 0 Å².